The zero-order valence-corrected chi connectivity index (χ0v) is 13.4. The first kappa shape index (κ1) is 16.5. The lowest BCUT2D eigenvalue weighted by Crippen LogP contribution is -2.47. The minimum absolute atomic E-state index is 0.239. The van der Waals surface area contributed by atoms with Crippen molar-refractivity contribution < 1.29 is 9.59 Å². The molecule has 2 rings (SSSR count). The predicted molar refractivity (Wildman–Crippen MR) is 87.0 cm³/mol. The van der Waals surface area contributed by atoms with E-state index in [2.05, 4.69) is 15.7 Å². The summed E-state index contributed by atoms with van der Waals surface area (Å²) in [5.74, 6) is -0.303. The normalized spacial score (nSPS) is 13.2. The summed E-state index contributed by atoms with van der Waals surface area (Å²) in [6.45, 7) is 5.39. The summed E-state index contributed by atoms with van der Waals surface area (Å²) >= 11 is 0. The lowest BCUT2D eigenvalue weighted by atomic mass is 10.1. The van der Waals surface area contributed by atoms with Gasteiger partial charge in [-0.2, -0.15) is 5.10 Å². The Morgan fingerprint density at radius 3 is 2.43 bits per heavy atom. The van der Waals surface area contributed by atoms with Crippen LogP contribution in [0.2, 0.25) is 0 Å². The van der Waals surface area contributed by atoms with Crippen molar-refractivity contribution in [3.8, 4) is 5.69 Å². The van der Waals surface area contributed by atoms with E-state index in [9.17, 15) is 9.59 Å². The van der Waals surface area contributed by atoms with Gasteiger partial charge < -0.3 is 16.4 Å². The summed E-state index contributed by atoms with van der Waals surface area (Å²) in [5.41, 5.74) is 7.83. The number of nitrogens with two attached hydrogens (primary N) is 1. The SMILES string of the molecule is Cc1c([C@@H](C)NC(=O)[C@H](C)NC(N)=O)cnn1-c1ccccc1. The van der Waals surface area contributed by atoms with Crippen molar-refractivity contribution in [2.24, 2.45) is 5.73 Å². The van der Waals surface area contributed by atoms with Gasteiger partial charge in [-0.25, -0.2) is 9.48 Å². The third-order valence-corrected chi connectivity index (χ3v) is 3.63. The Balaban J connectivity index is 2.12. The van der Waals surface area contributed by atoms with Gasteiger partial charge in [-0.1, -0.05) is 18.2 Å². The summed E-state index contributed by atoms with van der Waals surface area (Å²) in [5, 5.41) is 9.58. The van der Waals surface area contributed by atoms with Gasteiger partial charge in [-0.15, -0.1) is 0 Å². The van der Waals surface area contributed by atoms with E-state index >= 15 is 0 Å². The number of para-hydroxylation sites is 1. The molecule has 3 amide bonds. The highest BCUT2D eigenvalue weighted by Crippen LogP contribution is 2.20. The molecule has 2 aromatic rings. The Morgan fingerprint density at radius 1 is 1.17 bits per heavy atom. The first-order chi connectivity index (χ1) is 10.9. The molecule has 0 aliphatic rings. The van der Waals surface area contributed by atoms with E-state index in [-0.39, 0.29) is 11.9 Å². The molecule has 0 spiro atoms. The van der Waals surface area contributed by atoms with Crippen LogP contribution in [0.15, 0.2) is 36.5 Å². The van der Waals surface area contributed by atoms with E-state index in [0.29, 0.717) is 0 Å². The molecule has 1 heterocycles. The number of carbonyl (C=O) groups is 2. The average molecular weight is 315 g/mol. The molecule has 0 radical (unpaired) electrons. The molecular weight excluding hydrogens is 294 g/mol. The highest BCUT2D eigenvalue weighted by molar-refractivity contribution is 5.86. The molecule has 7 heteroatoms. The minimum Gasteiger partial charge on any atom is -0.352 e. The summed E-state index contributed by atoms with van der Waals surface area (Å²) in [6, 6.07) is 8.10. The highest BCUT2D eigenvalue weighted by Gasteiger charge is 2.20. The molecule has 0 unspecified atom stereocenters. The molecule has 4 N–H and O–H groups in total. The van der Waals surface area contributed by atoms with Gasteiger partial charge in [0.15, 0.2) is 0 Å². The number of nitrogens with zero attached hydrogens (tertiary/aromatic N) is 2. The molecule has 0 saturated carbocycles. The minimum atomic E-state index is -0.728. The number of aromatic nitrogens is 2. The Morgan fingerprint density at radius 2 is 1.83 bits per heavy atom. The smallest absolute Gasteiger partial charge is 0.312 e. The standard InChI is InChI=1S/C16H21N5O2/c1-10(19-15(22)11(2)20-16(17)23)14-9-18-21(12(14)3)13-7-5-4-6-8-13/h4-11H,1-3H3,(H,19,22)(H3,17,20,23)/t10-,11+/m1/s1. The number of hydrogen-bond acceptors (Lipinski definition) is 3. The average Bonchev–Trinajstić information content (AvgIpc) is 2.89. The molecule has 2 atom stereocenters. The molecule has 0 saturated heterocycles. The number of primary amides is 1. The van der Waals surface area contributed by atoms with Crippen molar-refractivity contribution in [2.45, 2.75) is 32.9 Å². The van der Waals surface area contributed by atoms with Gasteiger partial charge in [-0.3, -0.25) is 4.79 Å². The van der Waals surface area contributed by atoms with Gasteiger partial charge in [0.25, 0.3) is 0 Å². The zero-order chi connectivity index (χ0) is 17.0. The molecule has 0 fully saturated rings. The maximum atomic E-state index is 12.0. The predicted octanol–water partition coefficient (Wildman–Crippen LogP) is 1.41. The highest BCUT2D eigenvalue weighted by atomic mass is 16.2. The molecular formula is C16H21N5O2. The number of urea groups is 1. The van der Waals surface area contributed by atoms with Gasteiger partial charge in [0.2, 0.25) is 5.91 Å². The topological polar surface area (TPSA) is 102 Å². The monoisotopic (exact) mass is 315 g/mol. The molecule has 23 heavy (non-hydrogen) atoms. The van der Waals surface area contributed by atoms with Crippen LogP contribution < -0.4 is 16.4 Å². The molecule has 0 aliphatic carbocycles. The first-order valence-corrected chi connectivity index (χ1v) is 7.36. The number of amides is 3. The first-order valence-electron chi connectivity index (χ1n) is 7.36. The van der Waals surface area contributed by atoms with Crippen LogP contribution in [0, 0.1) is 6.92 Å². The van der Waals surface area contributed by atoms with E-state index in [1.807, 2.05) is 48.9 Å². The second-order valence-corrected chi connectivity index (χ2v) is 5.39. The van der Waals surface area contributed by atoms with Crippen molar-refractivity contribution >= 4 is 11.9 Å². The van der Waals surface area contributed by atoms with Crippen LogP contribution in [0.5, 0.6) is 0 Å². The number of nitrogens with one attached hydrogen (secondary N) is 2. The fraction of sp³-hybridized carbons (Fsp3) is 0.312. The maximum absolute atomic E-state index is 12.0. The quantitative estimate of drug-likeness (QED) is 0.777. The van der Waals surface area contributed by atoms with E-state index in [1.165, 1.54) is 0 Å². The second-order valence-electron chi connectivity index (χ2n) is 5.39. The van der Waals surface area contributed by atoms with Crippen LogP contribution in [0.3, 0.4) is 0 Å². The molecule has 1 aromatic carbocycles. The van der Waals surface area contributed by atoms with Gasteiger partial charge in [0, 0.05) is 11.3 Å². The lowest BCUT2D eigenvalue weighted by molar-refractivity contribution is -0.123. The van der Waals surface area contributed by atoms with Crippen LogP contribution >= 0.6 is 0 Å². The van der Waals surface area contributed by atoms with Crippen LogP contribution in [-0.2, 0) is 4.79 Å². The molecule has 0 bridgehead atoms. The number of carbonyl (C=O) groups excluding carboxylic acids is 2. The van der Waals surface area contributed by atoms with Crippen molar-refractivity contribution in [1.29, 1.82) is 0 Å². The van der Waals surface area contributed by atoms with Gasteiger partial charge >= 0.3 is 6.03 Å². The zero-order valence-electron chi connectivity index (χ0n) is 13.4. The van der Waals surface area contributed by atoms with E-state index in [0.717, 1.165) is 16.9 Å². The van der Waals surface area contributed by atoms with Crippen molar-refractivity contribution in [1.82, 2.24) is 20.4 Å². The van der Waals surface area contributed by atoms with E-state index in [4.69, 9.17) is 5.73 Å². The van der Waals surface area contributed by atoms with Gasteiger partial charge in [-0.05, 0) is 32.9 Å². The summed E-state index contributed by atoms with van der Waals surface area (Å²) in [6.07, 6.45) is 1.74. The van der Waals surface area contributed by atoms with Crippen molar-refractivity contribution in [2.75, 3.05) is 0 Å². The molecule has 1 aromatic heterocycles. The third kappa shape index (κ3) is 3.88. The van der Waals surface area contributed by atoms with E-state index < -0.39 is 12.1 Å². The maximum Gasteiger partial charge on any atom is 0.312 e. The largest absolute Gasteiger partial charge is 0.352 e. The Bertz CT molecular complexity index is 696. The summed E-state index contributed by atoms with van der Waals surface area (Å²) in [4.78, 5) is 22.8. The fourth-order valence-corrected chi connectivity index (χ4v) is 2.37. The second kappa shape index (κ2) is 6.95. The Labute approximate surface area is 134 Å². The summed E-state index contributed by atoms with van der Waals surface area (Å²) < 4.78 is 1.82. The van der Waals surface area contributed by atoms with Crippen LogP contribution in [0.25, 0.3) is 5.69 Å². The fourth-order valence-electron chi connectivity index (χ4n) is 2.37. The molecule has 0 aliphatic heterocycles. The number of rotatable bonds is 5. The third-order valence-electron chi connectivity index (χ3n) is 3.63. The van der Waals surface area contributed by atoms with Gasteiger partial charge in [0.05, 0.1) is 17.9 Å². The lowest BCUT2D eigenvalue weighted by Gasteiger charge is -2.18. The summed E-state index contributed by atoms with van der Waals surface area (Å²) in [7, 11) is 0. The number of hydrogen-bond donors (Lipinski definition) is 3. The van der Waals surface area contributed by atoms with Crippen LogP contribution in [0.4, 0.5) is 4.79 Å². The van der Waals surface area contributed by atoms with Crippen LogP contribution in [-0.4, -0.2) is 27.8 Å². The van der Waals surface area contributed by atoms with E-state index in [1.54, 1.807) is 13.1 Å². The molecule has 122 valence electrons. The Hall–Kier alpha value is -2.83. The van der Waals surface area contributed by atoms with Gasteiger partial charge in [0.1, 0.15) is 6.04 Å². The number of benzene rings is 1. The van der Waals surface area contributed by atoms with Crippen molar-refractivity contribution in [3.05, 3.63) is 47.8 Å². The Kier molecular flexibility index (Phi) is 5.00. The van der Waals surface area contributed by atoms with Crippen LogP contribution in [0.1, 0.15) is 31.1 Å². The van der Waals surface area contributed by atoms with Crippen molar-refractivity contribution in [3.63, 3.8) is 0 Å². The molecule has 7 nitrogen and oxygen atoms in total.